The predicted octanol–water partition coefficient (Wildman–Crippen LogP) is 2.07. The Labute approximate surface area is 94.6 Å². The van der Waals surface area contributed by atoms with Crippen LogP contribution in [0, 0.1) is 5.92 Å². The van der Waals surface area contributed by atoms with E-state index in [-0.39, 0.29) is 11.8 Å². The van der Waals surface area contributed by atoms with Crippen molar-refractivity contribution in [3.8, 4) is 0 Å². The van der Waals surface area contributed by atoms with Gasteiger partial charge in [-0.05, 0) is 18.2 Å². The van der Waals surface area contributed by atoms with E-state index in [2.05, 4.69) is 10.1 Å². The zero-order chi connectivity index (χ0) is 12.1. The molecule has 0 spiro atoms. The second-order valence-electron chi connectivity index (χ2n) is 3.72. The van der Waals surface area contributed by atoms with Gasteiger partial charge in [-0.15, -0.1) is 0 Å². The third-order valence-electron chi connectivity index (χ3n) is 2.08. The summed E-state index contributed by atoms with van der Waals surface area (Å²) >= 11 is 0. The highest BCUT2D eigenvalue weighted by atomic mass is 16.5. The molecule has 16 heavy (non-hydrogen) atoms. The quantitative estimate of drug-likeness (QED) is 0.795. The van der Waals surface area contributed by atoms with E-state index < -0.39 is 5.97 Å². The fourth-order valence-electron chi connectivity index (χ4n) is 1.13. The molecule has 4 nitrogen and oxygen atoms in total. The molecular formula is C12H15NO3. The lowest BCUT2D eigenvalue weighted by atomic mass is 10.1. The van der Waals surface area contributed by atoms with E-state index in [1.54, 1.807) is 38.1 Å². The maximum Gasteiger partial charge on any atom is 0.337 e. The van der Waals surface area contributed by atoms with Gasteiger partial charge in [-0.3, -0.25) is 4.79 Å². The van der Waals surface area contributed by atoms with E-state index in [0.29, 0.717) is 11.3 Å². The molecule has 0 unspecified atom stereocenters. The Morgan fingerprint density at radius 2 is 2.00 bits per heavy atom. The minimum Gasteiger partial charge on any atom is -0.465 e. The number of anilines is 1. The van der Waals surface area contributed by atoms with Gasteiger partial charge in [0.2, 0.25) is 5.91 Å². The lowest BCUT2D eigenvalue weighted by Gasteiger charge is -2.08. The number of carbonyl (C=O) groups is 2. The maximum atomic E-state index is 11.4. The van der Waals surface area contributed by atoms with Crippen molar-refractivity contribution < 1.29 is 14.3 Å². The van der Waals surface area contributed by atoms with Crippen LogP contribution in [0.4, 0.5) is 5.69 Å². The average Bonchev–Trinajstić information content (AvgIpc) is 2.28. The lowest BCUT2D eigenvalue weighted by Crippen LogP contribution is -2.18. The summed E-state index contributed by atoms with van der Waals surface area (Å²) in [4.78, 5) is 22.7. The number of hydrogen-bond donors (Lipinski definition) is 1. The number of carbonyl (C=O) groups excluding carboxylic acids is 2. The number of ether oxygens (including phenoxy) is 1. The highest BCUT2D eigenvalue weighted by molar-refractivity contribution is 5.95. The van der Waals surface area contributed by atoms with Crippen LogP contribution in [0.5, 0.6) is 0 Å². The number of benzene rings is 1. The van der Waals surface area contributed by atoms with Gasteiger partial charge < -0.3 is 10.1 Å². The molecule has 0 aliphatic heterocycles. The first kappa shape index (κ1) is 12.2. The van der Waals surface area contributed by atoms with Crippen LogP contribution in [0.15, 0.2) is 24.3 Å². The van der Waals surface area contributed by atoms with E-state index >= 15 is 0 Å². The molecule has 0 saturated carbocycles. The molecule has 1 rings (SSSR count). The molecule has 0 fully saturated rings. The van der Waals surface area contributed by atoms with E-state index in [0.717, 1.165) is 0 Å². The average molecular weight is 221 g/mol. The second kappa shape index (κ2) is 5.30. The molecule has 0 aliphatic carbocycles. The number of methoxy groups -OCH3 is 1. The van der Waals surface area contributed by atoms with Crippen LogP contribution >= 0.6 is 0 Å². The first-order valence-electron chi connectivity index (χ1n) is 5.04. The summed E-state index contributed by atoms with van der Waals surface area (Å²) in [6.45, 7) is 3.61. The van der Waals surface area contributed by atoms with Crippen LogP contribution in [-0.4, -0.2) is 19.0 Å². The van der Waals surface area contributed by atoms with Crippen molar-refractivity contribution in [3.63, 3.8) is 0 Å². The largest absolute Gasteiger partial charge is 0.465 e. The molecule has 1 aromatic rings. The highest BCUT2D eigenvalue weighted by Crippen LogP contribution is 2.12. The van der Waals surface area contributed by atoms with Gasteiger partial charge in [-0.25, -0.2) is 4.79 Å². The van der Waals surface area contributed by atoms with E-state index in [1.165, 1.54) is 7.11 Å². The van der Waals surface area contributed by atoms with Crippen molar-refractivity contribution in [3.05, 3.63) is 29.8 Å². The van der Waals surface area contributed by atoms with Gasteiger partial charge in [-0.1, -0.05) is 19.9 Å². The van der Waals surface area contributed by atoms with E-state index in [9.17, 15) is 9.59 Å². The van der Waals surface area contributed by atoms with Crippen LogP contribution < -0.4 is 5.32 Å². The van der Waals surface area contributed by atoms with Gasteiger partial charge in [-0.2, -0.15) is 0 Å². The van der Waals surface area contributed by atoms with Gasteiger partial charge in [0, 0.05) is 11.6 Å². The Balaban J connectivity index is 2.83. The Hall–Kier alpha value is -1.84. The predicted molar refractivity (Wildman–Crippen MR) is 61.2 cm³/mol. The summed E-state index contributed by atoms with van der Waals surface area (Å²) in [5.41, 5.74) is 1.02. The number of esters is 1. The van der Waals surface area contributed by atoms with Gasteiger partial charge in [0.15, 0.2) is 0 Å². The Kier molecular flexibility index (Phi) is 4.05. The summed E-state index contributed by atoms with van der Waals surface area (Å²) in [7, 11) is 1.32. The molecule has 0 saturated heterocycles. The molecule has 4 heteroatoms. The Bertz CT molecular complexity index is 399. The third-order valence-corrected chi connectivity index (χ3v) is 2.08. The standard InChI is InChI=1S/C12H15NO3/c1-8(2)11(14)13-10-6-4-5-9(7-10)12(15)16-3/h4-8H,1-3H3,(H,13,14). The second-order valence-corrected chi connectivity index (χ2v) is 3.72. The smallest absolute Gasteiger partial charge is 0.337 e. The molecule has 86 valence electrons. The first-order chi connectivity index (χ1) is 7.54. The zero-order valence-electron chi connectivity index (χ0n) is 9.61. The molecule has 0 aromatic heterocycles. The fourth-order valence-corrected chi connectivity index (χ4v) is 1.13. The molecule has 0 bridgehead atoms. The molecular weight excluding hydrogens is 206 g/mol. The summed E-state index contributed by atoms with van der Waals surface area (Å²) in [6.07, 6.45) is 0. The van der Waals surface area contributed by atoms with E-state index in [4.69, 9.17) is 0 Å². The molecule has 1 amide bonds. The normalized spacial score (nSPS) is 10.0. The summed E-state index contributed by atoms with van der Waals surface area (Å²) in [5, 5.41) is 2.71. The van der Waals surface area contributed by atoms with Crippen LogP contribution in [0.3, 0.4) is 0 Å². The van der Waals surface area contributed by atoms with Crippen LogP contribution in [0.25, 0.3) is 0 Å². The van der Waals surface area contributed by atoms with Gasteiger partial charge in [0.25, 0.3) is 0 Å². The molecule has 0 radical (unpaired) electrons. The van der Waals surface area contributed by atoms with E-state index in [1.807, 2.05) is 0 Å². The highest BCUT2D eigenvalue weighted by Gasteiger charge is 2.09. The third kappa shape index (κ3) is 3.08. The maximum absolute atomic E-state index is 11.4. The monoisotopic (exact) mass is 221 g/mol. The van der Waals surface area contributed by atoms with Crippen LogP contribution in [-0.2, 0) is 9.53 Å². The summed E-state index contributed by atoms with van der Waals surface area (Å²) < 4.78 is 4.59. The van der Waals surface area contributed by atoms with Crippen LogP contribution in [0.2, 0.25) is 0 Å². The number of rotatable bonds is 3. The molecule has 0 atom stereocenters. The van der Waals surface area contributed by atoms with Gasteiger partial charge in [0.1, 0.15) is 0 Å². The topological polar surface area (TPSA) is 55.4 Å². The minimum absolute atomic E-state index is 0.0815. The van der Waals surface area contributed by atoms with Crippen molar-refractivity contribution in [1.82, 2.24) is 0 Å². The zero-order valence-corrected chi connectivity index (χ0v) is 9.61. The Morgan fingerprint density at radius 1 is 1.31 bits per heavy atom. The van der Waals surface area contributed by atoms with Crippen molar-refractivity contribution in [2.24, 2.45) is 5.92 Å². The van der Waals surface area contributed by atoms with Crippen molar-refractivity contribution >= 4 is 17.6 Å². The summed E-state index contributed by atoms with van der Waals surface area (Å²) in [5.74, 6) is -0.593. The first-order valence-corrected chi connectivity index (χ1v) is 5.04. The van der Waals surface area contributed by atoms with Gasteiger partial charge in [0.05, 0.1) is 12.7 Å². The fraction of sp³-hybridized carbons (Fsp3) is 0.333. The van der Waals surface area contributed by atoms with Crippen molar-refractivity contribution in [2.75, 3.05) is 12.4 Å². The van der Waals surface area contributed by atoms with Crippen molar-refractivity contribution in [1.29, 1.82) is 0 Å². The Morgan fingerprint density at radius 3 is 2.56 bits per heavy atom. The minimum atomic E-state index is -0.416. The van der Waals surface area contributed by atoms with Crippen LogP contribution in [0.1, 0.15) is 24.2 Å². The molecule has 1 aromatic carbocycles. The molecule has 0 aliphatic rings. The summed E-state index contributed by atoms with van der Waals surface area (Å²) in [6, 6.07) is 6.65. The van der Waals surface area contributed by atoms with Crippen molar-refractivity contribution in [2.45, 2.75) is 13.8 Å². The molecule has 0 heterocycles. The number of hydrogen-bond acceptors (Lipinski definition) is 3. The molecule has 1 N–H and O–H groups in total. The number of nitrogens with one attached hydrogen (secondary N) is 1. The SMILES string of the molecule is COC(=O)c1cccc(NC(=O)C(C)C)c1. The van der Waals surface area contributed by atoms with Gasteiger partial charge >= 0.3 is 5.97 Å². The lowest BCUT2D eigenvalue weighted by molar-refractivity contribution is -0.118. The number of amides is 1.